The lowest BCUT2D eigenvalue weighted by Gasteiger charge is -2.33. The SMILES string of the molecule is Cl.Cl.N#Cc1ccc(O)c([C@H](CF)N2CCNCC2)c1. The minimum absolute atomic E-state index is 0. The molecule has 1 atom stereocenters. The van der Waals surface area contributed by atoms with Crippen LogP contribution in [0.5, 0.6) is 5.75 Å². The van der Waals surface area contributed by atoms with Crippen molar-refractivity contribution in [3.63, 3.8) is 0 Å². The Morgan fingerprint density at radius 1 is 1.35 bits per heavy atom. The van der Waals surface area contributed by atoms with Crippen molar-refractivity contribution in [2.24, 2.45) is 0 Å². The first kappa shape index (κ1) is 18.9. The molecule has 1 aliphatic heterocycles. The number of aromatic hydroxyl groups is 1. The molecule has 1 fully saturated rings. The van der Waals surface area contributed by atoms with Gasteiger partial charge in [0.1, 0.15) is 12.4 Å². The number of nitrogens with zero attached hydrogens (tertiary/aromatic N) is 2. The Bertz CT molecular complexity index is 461. The van der Waals surface area contributed by atoms with Crippen molar-refractivity contribution in [3.8, 4) is 11.8 Å². The molecule has 112 valence electrons. The molecule has 4 nitrogen and oxygen atoms in total. The molecule has 0 unspecified atom stereocenters. The summed E-state index contributed by atoms with van der Waals surface area (Å²) in [6.45, 7) is 2.54. The fourth-order valence-electron chi connectivity index (χ4n) is 2.26. The molecule has 0 saturated carbocycles. The van der Waals surface area contributed by atoms with Crippen molar-refractivity contribution in [2.75, 3.05) is 32.9 Å². The van der Waals surface area contributed by atoms with Gasteiger partial charge < -0.3 is 10.4 Å². The molecule has 0 aromatic heterocycles. The maximum Gasteiger partial charge on any atom is 0.120 e. The van der Waals surface area contributed by atoms with Gasteiger partial charge in [0.15, 0.2) is 0 Å². The lowest BCUT2D eigenvalue weighted by Crippen LogP contribution is -2.45. The molecule has 1 aromatic rings. The molecule has 1 heterocycles. The number of hydrogen-bond donors (Lipinski definition) is 2. The molecular weight excluding hydrogens is 304 g/mol. The van der Waals surface area contributed by atoms with E-state index >= 15 is 0 Å². The summed E-state index contributed by atoms with van der Waals surface area (Å²) in [6, 6.07) is 6.10. The van der Waals surface area contributed by atoms with Crippen LogP contribution in [0.2, 0.25) is 0 Å². The van der Waals surface area contributed by atoms with Gasteiger partial charge in [0.05, 0.1) is 17.7 Å². The van der Waals surface area contributed by atoms with Crippen molar-refractivity contribution in [2.45, 2.75) is 6.04 Å². The Kier molecular flexibility index (Phi) is 8.51. The van der Waals surface area contributed by atoms with E-state index in [0.717, 1.165) is 26.2 Å². The van der Waals surface area contributed by atoms with Gasteiger partial charge in [-0.05, 0) is 18.2 Å². The Balaban J connectivity index is 0.00000180. The van der Waals surface area contributed by atoms with Crippen molar-refractivity contribution < 1.29 is 9.50 Å². The number of phenols is 1. The average Bonchev–Trinajstić information content (AvgIpc) is 2.43. The van der Waals surface area contributed by atoms with Crippen LogP contribution < -0.4 is 5.32 Å². The summed E-state index contributed by atoms with van der Waals surface area (Å²) in [6.07, 6.45) is 0. The van der Waals surface area contributed by atoms with Gasteiger partial charge in [-0.3, -0.25) is 4.90 Å². The van der Waals surface area contributed by atoms with Crippen LogP contribution >= 0.6 is 24.8 Å². The summed E-state index contributed by atoms with van der Waals surface area (Å²) in [5.41, 5.74) is 0.940. The number of halogens is 3. The van der Waals surface area contributed by atoms with Crippen molar-refractivity contribution in [3.05, 3.63) is 29.3 Å². The number of alkyl halides is 1. The molecule has 2 rings (SSSR count). The van der Waals surface area contributed by atoms with E-state index in [0.29, 0.717) is 11.1 Å². The van der Waals surface area contributed by atoms with Crippen LogP contribution in [-0.2, 0) is 0 Å². The summed E-state index contributed by atoms with van der Waals surface area (Å²) in [5, 5.41) is 21.9. The van der Waals surface area contributed by atoms with E-state index in [1.807, 2.05) is 11.0 Å². The first-order valence-electron chi connectivity index (χ1n) is 6.00. The van der Waals surface area contributed by atoms with Crippen LogP contribution in [0.4, 0.5) is 4.39 Å². The fourth-order valence-corrected chi connectivity index (χ4v) is 2.26. The molecule has 0 spiro atoms. The number of benzene rings is 1. The fraction of sp³-hybridized carbons (Fsp3) is 0.462. The van der Waals surface area contributed by atoms with E-state index in [4.69, 9.17) is 5.26 Å². The Morgan fingerprint density at radius 3 is 2.55 bits per heavy atom. The number of phenolic OH excluding ortho intramolecular Hbond substituents is 1. The first-order chi connectivity index (χ1) is 8.76. The molecule has 0 amide bonds. The zero-order chi connectivity index (χ0) is 13.0. The molecular formula is C13H18Cl2FN3O. The Labute approximate surface area is 130 Å². The number of nitriles is 1. The predicted molar refractivity (Wildman–Crippen MR) is 80.5 cm³/mol. The van der Waals surface area contributed by atoms with E-state index in [2.05, 4.69) is 5.32 Å². The normalized spacial score (nSPS) is 16.4. The van der Waals surface area contributed by atoms with Crippen LogP contribution in [0.3, 0.4) is 0 Å². The minimum atomic E-state index is -0.567. The summed E-state index contributed by atoms with van der Waals surface area (Å²) >= 11 is 0. The smallest absolute Gasteiger partial charge is 0.120 e. The van der Waals surface area contributed by atoms with Crippen molar-refractivity contribution in [1.82, 2.24) is 10.2 Å². The van der Waals surface area contributed by atoms with Gasteiger partial charge in [0, 0.05) is 31.7 Å². The zero-order valence-electron chi connectivity index (χ0n) is 10.9. The minimum Gasteiger partial charge on any atom is -0.508 e. The van der Waals surface area contributed by atoms with Gasteiger partial charge in [0.25, 0.3) is 0 Å². The third kappa shape index (κ3) is 4.22. The van der Waals surface area contributed by atoms with Crippen molar-refractivity contribution in [1.29, 1.82) is 5.26 Å². The van der Waals surface area contributed by atoms with Crippen LogP contribution in [-0.4, -0.2) is 42.9 Å². The van der Waals surface area contributed by atoms with Gasteiger partial charge in [-0.1, -0.05) is 0 Å². The number of rotatable bonds is 3. The molecule has 7 heteroatoms. The average molecular weight is 322 g/mol. The standard InChI is InChI=1S/C13H16FN3O.2ClH/c14-8-12(17-5-3-16-4-6-17)11-7-10(9-15)1-2-13(11)18;;/h1-2,7,12,16,18H,3-6,8H2;2*1H/t12-;;/m0../s1. The quantitative estimate of drug-likeness (QED) is 0.894. The van der Waals surface area contributed by atoms with E-state index < -0.39 is 12.7 Å². The largest absolute Gasteiger partial charge is 0.508 e. The molecule has 1 saturated heterocycles. The van der Waals surface area contributed by atoms with E-state index in [9.17, 15) is 9.50 Å². The summed E-state index contributed by atoms with van der Waals surface area (Å²) in [4.78, 5) is 1.99. The summed E-state index contributed by atoms with van der Waals surface area (Å²) in [7, 11) is 0. The highest BCUT2D eigenvalue weighted by Crippen LogP contribution is 2.30. The van der Waals surface area contributed by atoms with Gasteiger partial charge in [-0.25, -0.2) is 4.39 Å². The van der Waals surface area contributed by atoms with E-state index in [-0.39, 0.29) is 30.6 Å². The second-order valence-electron chi connectivity index (χ2n) is 4.34. The monoisotopic (exact) mass is 321 g/mol. The van der Waals surface area contributed by atoms with Crippen LogP contribution in [0.25, 0.3) is 0 Å². The highest BCUT2D eigenvalue weighted by molar-refractivity contribution is 5.85. The lowest BCUT2D eigenvalue weighted by atomic mass is 10.0. The molecule has 0 aliphatic carbocycles. The van der Waals surface area contributed by atoms with Crippen LogP contribution in [0, 0.1) is 11.3 Å². The van der Waals surface area contributed by atoms with Crippen molar-refractivity contribution >= 4 is 24.8 Å². The molecule has 20 heavy (non-hydrogen) atoms. The van der Waals surface area contributed by atoms with Gasteiger partial charge in [-0.15, -0.1) is 24.8 Å². The number of nitrogens with one attached hydrogen (secondary N) is 1. The highest BCUT2D eigenvalue weighted by Gasteiger charge is 2.24. The Hall–Kier alpha value is -1.06. The molecule has 2 N–H and O–H groups in total. The third-order valence-electron chi connectivity index (χ3n) is 3.25. The second kappa shape index (κ2) is 8.98. The highest BCUT2D eigenvalue weighted by atomic mass is 35.5. The maximum atomic E-state index is 13.3. The van der Waals surface area contributed by atoms with E-state index in [1.165, 1.54) is 12.1 Å². The number of hydrogen-bond acceptors (Lipinski definition) is 4. The Morgan fingerprint density at radius 2 is 2.00 bits per heavy atom. The second-order valence-corrected chi connectivity index (χ2v) is 4.34. The van der Waals surface area contributed by atoms with E-state index in [1.54, 1.807) is 6.07 Å². The van der Waals surface area contributed by atoms with Crippen LogP contribution in [0.15, 0.2) is 18.2 Å². The predicted octanol–water partition coefficient (Wildman–Crippen LogP) is 2.02. The first-order valence-corrected chi connectivity index (χ1v) is 6.00. The molecule has 0 bridgehead atoms. The maximum absolute atomic E-state index is 13.3. The molecule has 0 radical (unpaired) electrons. The lowest BCUT2D eigenvalue weighted by molar-refractivity contribution is 0.145. The van der Waals surface area contributed by atoms with Gasteiger partial charge in [-0.2, -0.15) is 5.26 Å². The third-order valence-corrected chi connectivity index (χ3v) is 3.25. The van der Waals surface area contributed by atoms with Crippen LogP contribution in [0.1, 0.15) is 17.2 Å². The molecule has 1 aromatic carbocycles. The van der Waals surface area contributed by atoms with Gasteiger partial charge >= 0.3 is 0 Å². The number of piperazine rings is 1. The summed E-state index contributed by atoms with van der Waals surface area (Å²) in [5.74, 6) is 0.0511. The zero-order valence-corrected chi connectivity index (χ0v) is 12.5. The topological polar surface area (TPSA) is 59.3 Å². The summed E-state index contributed by atoms with van der Waals surface area (Å²) < 4.78 is 13.3. The van der Waals surface area contributed by atoms with Gasteiger partial charge in [0.2, 0.25) is 0 Å². The molecule has 1 aliphatic rings.